The van der Waals surface area contributed by atoms with E-state index in [4.69, 9.17) is 11.0 Å². The molecule has 0 unspecified atom stereocenters. The van der Waals surface area contributed by atoms with Gasteiger partial charge in [0.25, 0.3) is 0 Å². The van der Waals surface area contributed by atoms with E-state index in [1.165, 1.54) is 6.07 Å². The van der Waals surface area contributed by atoms with Crippen molar-refractivity contribution in [1.29, 1.82) is 5.26 Å². The third-order valence-corrected chi connectivity index (χ3v) is 1.35. The Morgan fingerprint density at radius 3 is 2.50 bits per heavy atom. The summed E-state index contributed by atoms with van der Waals surface area (Å²) in [5, 5.41) is 8.49. The van der Waals surface area contributed by atoms with Crippen molar-refractivity contribution >= 4 is 5.69 Å². The fraction of sp³-hybridized carbons (Fsp3) is 0.125. The maximum atomic E-state index is 11.8. The molecule has 0 fully saturated rings. The van der Waals surface area contributed by atoms with Gasteiger partial charge in [-0.25, -0.2) is 0 Å². The van der Waals surface area contributed by atoms with Crippen molar-refractivity contribution in [2.75, 3.05) is 5.73 Å². The molecule has 74 valence electrons. The molecule has 1 rings (SSSR count). The lowest BCUT2D eigenvalue weighted by molar-refractivity contribution is -0.274. The van der Waals surface area contributed by atoms with E-state index in [2.05, 4.69) is 4.74 Å². The second-order valence-electron chi connectivity index (χ2n) is 2.42. The van der Waals surface area contributed by atoms with Crippen LogP contribution in [0.1, 0.15) is 5.56 Å². The Labute approximate surface area is 77.5 Å². The molecule has 14 heavy (non-hydrogen) atoms. The smallest absolute Gasteiger partial charge is 0.404 e. The van der Waals surface area contributed by atoms with Crippen LogP contribution in [-0.2, 0) is 0 Å². The molecular formula is C8H5F3N2O. The minimum Gasteiger partial charge on any atom is -0.404 e. The van der Waals surface area contributed by atoms with Crippen molar-refractivity contribution in [3.05, 3.63) is 23.8 Å². The molecule has 6 heteroatoms. The Morgan fingerprint density at radius 1 is 1.36 bits per heavy atom. The van der Waals surface area contributed by atoms with E-state index in [9.17, 15) is 13.2 Å². The van der Waals surface area contributed by atoms with Gasteiger partial charge in [0.2, 0.25) is 0 Å². The Kier molecular flexibility index (Phi) is 2.51. The zero-order chi connectivity index (χ0) is 10.8. The quantitative estimate of drug-likeness (QED) is 0.709. The molecule has 0 atom stereocenters. The maximum Gasteiger partial charge on any atom is 0.573 e. The molecule has 0 aliphatic heterocycles. The molecule has 3 nitrogen and oxygen atoms in total. The van der Waals surface area contributed by atoms with Crippen molar-refractivity contribution in [2.24, 2.45) is 0 Å². The molecule has 0 radical (unpaired) electrons. The molecule has 2 N–H and O–H groups in total. The molecule has 0 aliphatic rings. The number of nitriles is 1. The van der Waals surface area contributed by atoms with Gasteiger partial charge >= 0.3 is 6.36 Å². The highest BCUT2D eigenvalue weighted by atomic mass is 19.4. The van der Waals surface area contributed by atoms with E-state index in [1.807, 2.05) is 0 Å². The first-order chi connectivity index (χ1) is 6.42. The van der Waals surface area contributed by atoms with Gasteiger partial charge < -0.3 is 10.5 Å². The molecule has 0 aromatic heterocycles. The summed E-state index contributed by atoms with van der Waals surface area (Å²) in [5.74, 6) is -0.547. The number of rotatable bonds is 1. The summed E-state index contributed by atoms with van der Waals surface area (Å²) in [6, 6.07) is 4.89. The van der Waals surface area contributed by atoms with Crippen LogP contribution in [0.5, 0.6) is 5.75 Å². The van der Waals surface area contributed by atoms with E-state index in [1.54, 1.807) is 6.07 Å². The molecule has 0 aliphatic carbocycles. The largest absolute Gasteiger partial charge is 0.573 e. The van der Waals surface area contributed by atoms with Crippen LogP contribution in [0, 0.1) is 11.3 Å². The van der Waals surface area contributed by atoms with Gasteiger partial charge in [-0.05, 0) is 18.2 Å². The van der Waals surface area contributed by atoms with Crippen LogP contribution in [0.25, 0.3) is 0 Å². The molecule has 0 saturated heterocycles. The van der Waals surface area contributed by atoms with Crippen LogP contribution in [-0.4, -0.2) is 6.36 Å². The number of nitrogens with zero attached hydrogens (tertiary/aromatic N) is 1. The highest BCUT2D eigenvalue weighted by Crippen LogP contribution is 2.27. The van der Waals surface area contributed by atoms with Crippen molar-refractivity contribution in [3.63, 3.8) is 0 Å². The van der Waals surface area contributed by atoms with Crippen LogP contribution < -0.4 is 10.5 Å². The topological polar surface area (TPSA) is 59.0 Å². The van der Waals surface area contributed by atoms with Gasteiger partial charge in [0.1, 0.15) is 11.8 Å². The standard InChI is InChI=1S/C8H5F3N2O/c9-8(10,11)14-7-2-1-6(13)3-5(7)4-12/h1-3H,13H2. The molecule has 0 heterocycles. The molecule has 0 saturated carbocycles. The SMILES string of the molecule is N#Cc1cc(N)ccc1OC(F)(F)F. The number of anilines is 1. The lowest BCUT2D eigenvalue weighted by Gasteiger charge is -2.09. The van der Waals surface area contributed by atoms with Crippen molar-refractivity contribution < 1.29 is 17.9 Å². The lowest BCUT2D eigenvalue weighted by atomic mass is 10.2. The number of ether oxygens (including phenoxy) is 1. The van der Waals surface area contributed by atoms with Gasteiger partial charge in [-0.15, -0.1) is 13.2 Å². The minimum atomic E-state index is -4.80. The number of hydrogen-bond donors (Lipinski definition) is 1. The summed E-state index contributed by atoms with van der Waals surface area (Å²) in [4.78, 5) is 0. The molecule has 0 bridgehead atoms. The molecule has 1 aromatic carbocycles. The first-order valence-electron chi connectivity index (χ1n) is 3.48. The maximum absolute atomic E-state index is 11.8. The van der Waals surface area contributed by atoms with Crippen LogP contribution in [0.15, 0.2) is 18.2 Å². The second-order valence-corrected chi connectivity index (χ2v) is 2.42. The summed E-state index contributed by atoms with van der Waals surface area (Å²) in [5.41, 5.74) is 5.24. The summed E-state index contributed by atoms with van der Waals surface area (Å²) in [7, 11) is 0. The van der Waals surface area contributed by atoms with E-state index in [0.29, 0.717) is 0 Å². The predicted octanol–water partition coefficient (Wildman–Crippen LogP) is 2.04. The monoisotopic (exact) mass is 202 g/mol. The van der Waals surface area contributed by atoms with Crippen LogP contribution in [0.3, 0.4) is 0 Å². The van der Waals surface area contributed by atoms with Crippen LogP contribution >= 0.6 is 0 Å². The summed E-state index contributed by atoms with van der Waals surface area (Å²) in [6.07, 6.45) is -4.80. The highest BCUT2D eigenvalue weighted by molar-refractivity contribution is 5.53. The Balaban J connectivity index is 3.05. The fourth-order valence-electron chi connectivity index (χ4n) is 0.849. The van der Waals surface area contributed by atoms with E-state index in [-0.39, 0.29) is 11.3 Å². The molecular weight excluding hydrogens is 197 g/mol. The van der Waals surface area contributed by atoms with Crippen molar-refractivity contribution in [3.8, 4) is 11.8 Å². The van der Waals surface area contributed by atoms with Gasteiger partial charge in [-0.1, -0.05) is 0 Å². The number of nitrogens with two attached hydrogens (primary N) is 1. The summed E-state index contributed by atoms with van der Waals surface area (Å²) < 4.78 is 39.0. The summed E-state index contributed by atoms with van der Waals surface area (Å²) in [6.45, 7) is 0. The Morgan fingerprint density at radius 2 is 2.00 bits per heavy atom. The first kappa shape index (κ1) is 10.2. The number of halogens is 3. The molecule has 0 spiro atoms. The average molecular weight is 202 g/mol. The van der Waals surface area contributed by atoms with Gasteiger partial charge in [0.15, 0.2) is 0 Å². The number of hydrogen-bond acceptors (Lipinski definition) is 3. The highest BCUT2D eigenvalue weighted by Gasteiger charge is 2.32. The number of nitrogen functional groups attached to an aromatic ring is 1. The Hall–Kier alpha value is -1.90. The third-order valence-electron chi connectivity index (χ3n) is 1.35. The van der Waals surface area contributed by atoms with Gasteiger partial charge in [-0.2, -0.15) is 5.26 Å². The third kappa shape index (κ3) is 2.55. The van der Waals surface area contributed by atoms with E-state index < -0.39 is 12.1 Å². The van der Waals surface area contributed by atoms with Crippen molar-refractivity contribution in [2.45, 2.75) is 6.36 Å². The van der Waals surface area contributed by atoms with E-state index >= 15 is 0 Å². The number of benzene rings is 1. The van der Waals surface area contributed by atoms with Gasteiger partial charge in [-0.3, -0.25) is 0 Å². The second kappa shape index (κ2) is 3.46. The first-order valence-corrected chi connectivity index (χ1v) is 3.48. The predicted molar refractivity (Wildman–Crippen MR) is 42.3 cm³/mol. The normalized spacial score (nSPS) is 10.7. The zero-order valence-corrected chi connectivity index (χ0v) is 6.80. The number of alkyl halides is 3. The van der Waals surface area contributed by atoms with Crippen molar-refractivity contribution in [1.82, 2.24) is 0 Å². The Bertz CT molecular complexity index is 381. The minimum absolute atomic E-state index is 0.205. The van der Waals surface area contributed by atoms with Crippen LogP contribution in [0.2, 0.25) is 0 Å². The molecule has 1 aromatic rings. The fourth-order valence-corrected chi connectivity index (χ4v) is 0.849. The van der Waals surface area contributed by atoms with Gasteiger partial charge in [0, 0.05) is 5.69 Å². The zero-order valence-electron chi connectivity index (χ0n) is 6.80. The molecule has 0 amide bonds. The lowest BCUT2D eigenvalue weighted by Crippen LogP contribution is -2.17. The van der Waals surface area contributed by atoms with Gasteiger partial charge in [0.05, 0.1) is 5.56 Å². The summed E-state index contributed by atoms with van der Waals surface area (Å²) >= 11 is 0. The van der Waals surface area contributed by atoms with Crippen LogP contribution in [0.4, 0.5) is 18.9 Å². The van der Waals surface area contributed by atoms with E-state index in [0.717, 1.165) is 12.1 Å². The average Bonchev–Trinajstić information content (AvgIpc) is 2.06.